The predicted octanol–water partition coefficient (Wildman–Crippen LogP) is 5.54. The second-order valence-corrected chi connectivity index (χ2v) is 8.96. The van der Waals surface area contributed by atoms with Gasteiger partial charge >= 0.3 is 0 Å². The summed E-state index contributed by atoms with van der Waals surface area (Å²) in [6, 6.07) is 7.42. The summed E-state index contributed by atoms with van der Waals surface area (Å²) in [5.41, 5.74) is 0.589. The maximum absolute atomic E-state index is 14.9. The molecule has 0 aliphatic rings. The van der Waals surface area contributed by atoms with E-state index >= 15 is 0 Å². The molecule has 0 heterocycles. The zero-order valence-corrected chi connectivity index (χ0v) is 16.1. The Hall–Kier alpha value is -1.30. The van der Waals surface area contributed by atoms with E-state index in [0.717, 1.165) is 5.56 Å². The first-order chi connectivity index (χ1) is 10.9. The topological polar surface area (TPSA) is 46.2 Å². The van der Waals surface area contributed by atoms with E-state index in [0.29, 0.717) is 5.56 Å². The van der Waals surface area contributed by atoms with E-state index in [1.807, 2.05) is 20.8 Å². The zero-order chi connectivity index (χ0) is 18.3. The smallest absolute Gasteiger partial charge is 0.264 e. The Bertz CT molecular complexity index is 870. The summed E-state index contributed by atoms with van der Waals surface area (Å²) < 4.78 is 42.3. The molecule has 0 aliphatic heterocycles. The summed E-state index contributed by atoms with van der Waals surface area (Å²) in [7, 11) is -4.13. The second-order valence-electron chi connectivity index (χ2n) is 6.53. The maximum atomic E-state index is 14.9. The van der Waals surface area contributed by atoms with Gasteiger partial charge in [-0.05, 0) is 41.7 Å². The van der Waals surface area contributed by atoms with E-state index < -0.39 is 21.3 Å². The van der Waals surface area contributed by atoms with Gasteiger partial charge in [-0.25, -0.2) is 12.8 Å². The summed E-state index contributed by atoms with van der Waals surface area (Å²) in [4.78, 5) is -0.273. The van der Waals surface area contributed by atoms with Gasteiger partial charge in [-0.15, -0.1) is 0 Å². The van der Waals surface area contributed by atoms with Crippen LogP contribution < -0.4 is 4.72 Å². The fraction of sp³-hybridized carbons (Fsp3) is 0.294. The monoisotopic (exact) mass is 389 g/mol. The lowest BCUT2D eigenvalue weighted by Gasteiger charge is -2.24. The number of benzene rings is 2. The molecular formula is C17H18Cl2FNO2S. The molecular weight excluding hydrogens is 372 g/mol. The van der Waals surface area contributed by atoms with E-state index in [1.165, 1.54) is 24.3 Å². The number of aryl methyl sites for hydroxylation is 1. The van der Waals surface area contributed by atoms with Crippen LogP contribution in [0.1, 0.15) is 31.9 Å². The van der Waals surface area contributed by atoms with Crippen molar-refractivity contribution in [3.05, 3.63) is 57.3 Å². The molecule has 0 aliphatic carbocycles. The lowest BCUT2D eigenvalue weighted by atomic mass is 9.83. The first kappa shape index (κ1) is 19.0. The molecule has 0 bridgehead atoms. The van der Waals surface area contributed by atoms with Gasteiger partial charge in [0.2, 0.25) is 0 Å². The van der Waals surface area contributed by atoms with Gasteiger partial charge in [0.1, 0.15) is 4.90 Å². The molecule has 2 aromatic rings. The van der Waals surface area contributed by atoms with Crippen LogP contribution in [-0.4, -0.2) is 8.42 Å². The summed E-state index contributed by atoms with van der Waals surface area (Å²) in [6.45, 7) is 7.37. The van der Waals surface area contributed by atoms with Crippen molar-refractivity contribution in [2.75, 3.05) is 4.72 Å². The van der Waals surface area contributed by atoms with Crippen molar-refractivity contribution in [3.8, 4) is 0 Å². The minimum absolute atomic E-state index is 0.0291. The summed E-state index contributed by atoms with van der Waals surface area (Å²) >= 11 is 11.9. The van der Waals surface area contributed by atoms with Crippen molar-refractivity contribution < 1.29 is 12.8 Å². The summed E-state index contributed by atoms with van der Waals surface area (Å²) in [6.07, 6.45) is 0. The SMILES string of the molecule is Cc1ccc(NS(=O)(=O)c2c(Cl)cccc2Cl)c(F)c1C(C)(C)C. The van der Waals surface area contributed by atoms with Crippen molar-refractivity contribution in [3.63, 3.8) is 0 Å². The van der Waals surface area contributed by atoms with E-state index in [4.69, 9.17) is 23.2 Å². The van der Waals surface area contributed by atoms with Crippen LogP contribution in [0.4, 0.5) is 10.1 Å². The Morgan fingerprint density at radius 2 is 1.58 bits per heavy atom. The first-order valence-corrected chi connectivity index (χ1v) is 9.45. The van der Waals surface area contributed by atoms with Crippen LogP contribution >= 0.6 is 23.2 Å². The summed E-state index contributed by atoms with van der Waals surface area (Å²) in [5.74, 6) is -0.603. The largest absolute Gasteiger partial charge is 0.277 e. The van der Waals surface area contributed by atoms with Gasteiger partial charge in [0, 0.05) is 0 Å². The predicted molar refractivity (Wildman–Crippen MR) is 97.1 cm³/mol. The fourth-order valence-electron chi connectivity index (χ4n) is 2.61. The van der Waals surface area contributed by atoms with Crippen LogP contribution in [0.2, 0.25) is 10.0 Å². The Kier molecular flexibility index (Phi) is 5.19. The van der Waals surface area contributed by atoms with Gasteiger partial charge < -0.3 is 0 Å². The van der Waals surface area contributed by atoms with Crippen molar-refractivity contribution >= 4 is 38.9 Å². The molecule has 130 valence electrons. The van der Waals surface area contributed by atoms with Gasteiger partial charge in [-0.1, -0.05) is 56.1 Å². The van der Waals surface area contributed by atoms with Crippen LogP contribution in [-0.2, 0) is 15.4 Å². The zero-order valence-electron chi connectivity index (χ0n) is 13.7. The Labute approximate surface area is 151 Å². The Morgan fingerprint density at radius 3 is 2.08 bits per heavy atom. The van der Waals surface area contributed by atoms with E-state index in [2.05, 4.69) is 4.72 Å². The number of sulfonamides is 1. The fourth-order valence-corrected chi connectivity index (χ4v) is 4.81. The van der Waals surface area contributed by atoms with Gasteiger partial charge in [0.05, 0.1) is 15.7 Å². The highest BCUT2D eigenvalue weighted by Crippen LogP contribution is 2.35. The normalized spacial score (nSPS) is 12.3. The van der Waals surface area contributed by atoms with Crippen molar-refractivity contribution in [2.45, 2.75) is 38.0 Å². The quantitative estimate of drug-likeness (QED) is 0.748. The molecule has 0 atom stereocenters. The number of halogens is 3. The highest BCUT2D eigenvalue weighted by Gasteiger charge is 2.27. The number of hydrogen-bond acceptors (Lipinski definition) is 2. The Balaban J connectivity index is 2.56. The van der Waals surface area contributed by atoms with Crippen molar-refractivity contribution in [1.29, 1.82) is 0 Å². The maximum Gasteiger partial charge on any atom is 0.264 e. The number of anilines is 1. The highest BCUT2D eigenvalue weighted by atomic mass is 35.5. The lowest BCUT2D eigenvalue weighted by molar-refractivity contribution is 0.521. The van der Waals surface area contributed by atoms with Gasteiger partial charge in [-0.2, -0.15) is 0 Å². The molecule has 24 heavy (non-hydrogen) atoms. The minimum Gasteiger partial charge on any atom is -0.277 e. The lowest BCUT2D eigenvalue weighted by Crippen LogP contribution is -2.20. The van der Waals surface area contributed by atoms with E-state index in [-0.39, 0.29) is 20.6 Å². The molecule has 2 rings (SSSR count). The first-order valence-electron chi connectivity index (χ1n) is 7.21. The molecule has 0 unspecified atom stereocenters. The van der Waals surface area contributed by atoms with Crippen molar-refractivity contribution in [2.24, 2.45) is 0 Å². The molecule has 1 N–H and O–H groups in total. The second kappa shape index (κ2) is 6.54. The minimum atomic E-state index is -4.13. The average molecular weight is 390 g/mol. The van der Waals surface area contributed by atoms with E-state index in [1.54, 1.807) is 13.0 Å². The molecule has 0 saturated carbocycles. The van der Waals surface area contributed by atoms with Crippen LogP contribution in [0, 0.1) is 12.7 Å². The third-order valence-electron chi connectivity index (χ3n) is 3.53. The molecule has 2 aromatic carbocycles. The van der Waals surface area contributed by atoms with Gasteiger partial charge in [0.25, 0.3) is 10.0 Å². The van der Waals surface area contributed by atoms with Crippen LogP contribution in [0.15, 0.2) is 35.2 Å². The highest BCUT2D eigenvalue weighted by molar-refractivity contribution is 7.93. The Morgan fingerprint density at radius 1 is 1.04 bits per heavy atom. The molecule has 0 saturated heterocycles. The third-order valence-corrected chi connectivity index (χ3v) is 5.85. The molecule has 7 heteroatoms. The molecule has 0 spiro atoms. The van der Waals surface area contributed by atoms with Gasteiger partial charge in [0.15, 0.2) is 5.82 Å². The van der Waals surface area contributed by atoms with Gasteiger partial charge in [-0.3, -0.25) is 4.72 Å². The van der Waals surface area contributed by atoms with Crippen LogP contribution in [0.5, 0.6) is 0 Å². The van der Waals surface area contributed by atoms with Crippen molar-refractivity contribution in [1.82, 2.24) is 0 Å². The average Bonchev–Trinajstić information content (AvgIpc) is 2.40. The van der Waals surface area contributed by atoms with Crippen LogP contribution in [0.3, 0.4) is 0 Å². The summed E-state index contributed by atoms with van der Waals surface area (Å²) in [5, 5.41) is -0.0582. The molecule has 0 fully saturated rings. The third kappa shape index (κ3) is 3.68. The van der Waals surface area contributed by atoms with Crippen LogP contribution in [0.25, 0.3) is 0 Å². The molecule has 0 amide bonds. The molecule has 0 aromatic heterocycles. The van der Waals surface area contributed by atoms with E-state index in [9.17, 15) is 12.8 Å². The number of rotatable bonds is 3. The standard InChI is InChI=1S/C17H18Cl2FNO2S/c1-10-8-9-13(15(20)14(10)17(2,3)4)21-24(22,23)16-11(18)6-5-7-12(16)19/h5-9,21H,1-4H3. The number of nitrogens with one attached hydrogen (secondary N) is 1. The molecule has 3 nitrogen and oxygen atoms in total. The molecule has 0 radical (unpaired) electrons. The number of hydrogen-bond donors (Lipinski definition) is 1.